The van der Waals surface area contributed by atoms with Crippen LogP contribution in [0.5, 0.6) is 0 Å². The van der Waals surface area contributed by atoms with Crippen molar-refractivity contribution in [1.82, 2.24) is 5.32 Å². The molecule has 9 nitrogen and oxygen atoms in total. The number of carbonyl (C=O) groups is 1. The van der Waals surface area contributed by atoms with E-state index in [9.17, 15) is 30.3 Å². The van der Waals surface area contributed by atoms with Gasteiger partial charge in [-0.3, -0.25) is 4.79 Å². The third-order valence-electron chi connectivity index (χ3n) is 14.1. The van der Waals surface area contributed by atoms with Crippen LogP contribution in [0.1, 0.15) is 239 Å². The Bertz CT molecular complexity index is 1770. The first-order chi connectivity index (χ1) is 39.3. The molecule has 7 unspecified atom stereocenters. The number of aliphatic hydroxyl groups is 5. The number of amides is 1. The van der Waals surface area contributed by atoms with Crippen LogP contribution in [0.2, 0.25) is 0 Å². The van der Waals surface area contributed by atoms with Gasteiger partial charge in [0.2, 0.25) is 5.91 Å². The molecule has 0 aliphatic carbocycles. The predicted octanol–water partition coefficient (Wildman–Crippen LogP) is 17.0. The molecule has 0 radical (unpaired) electrons. The van der Waals surface area contributed by atoms with Gasteiger partial charge in [-0.25, -0.2) is 0 Å². The van der Waals surface area contributed by atoms with Crippen molar-refractivity contribution in [3.8, 4) is 0 Å². The van der Waals surface area contributed by atoms with Crippen molar-refractivity contribution in [1.29, 1.82) is 0 Å². The molecule has 1 aliphatic heterocycles. The topological polar surface area (TPSA) is 149 Å². The van der Waals surface area contributed by atoms with Gasteiger partial charge in [-0.05, 0) is 109 Å². The highest BCUT2D eigenvalue weighted by molar-refractivity contribution is 5.76. The molecule has 1 fully saturated rings. The summed E-state index contributed by atoms with van der Waals surface area (Å²) in [6, 6.07) is -0.858. The Morgan fingerprint density at radius 1 is 0.438 bits per heavy atom. The van der Waals surface area contributed by atoms with Crippen LogP contribution >= 0.6 is 0 Å². The summed E-state index contributed by atoms with van der Waals surface area (Å²) in [4.78, 5) is 13.1. The maximum absolute atomic E-state index is 13.1. The Hall–Kier alpha value is -3.93. The Kier molecular flexibility index (Phi) is 54.0. The highest BCUT2D eigenvalue weighted by atomic mass is 16.7. The number of rotatable bonds is 53. The maximum Gasteiger partial charge on any atom is 0.220 e. The molecule has 0 aromatic carbocycles. The highest BCUT2D eigenvalue weighted by Crippen LogP contribution is 2.23. The van der Waals surface area contributed by atoms with Crippen molar-refractivity contribution in [2.45, 2.75) is 281 Å². The molecule has 1 saturated heterocycles. The Morgan fingerprint density at radius 2 is 0.787 bits per heavy atom. The molecule has 80 heavy (non-hydrogen) atoms. The van der Waals surface area contributed by atoms with Crippen LogP contribution in [0.15, 0.2) is 146 Å². The smallest absolute Gasteiger partial charge is 0.220 e. The molecule has 6 N–H and O–H groups in total. The lowest BCUT2D eigenvalue weighted by atomic mass is 9.99. The zero-order valence-corrected chi connectivity index (χ0v) is 50.5. The van der Waals surface area contributed by atoms with E-state index in [2.05, 4.69) is 153 Å². The van der Waals surface area contributed by atoms with Crippen LogP contribution < -0.4 is 5.32 Å². The first-order valence-electron chi connectivity index (χ1n) is 32.1. The summed E-state index contributed by atoms with van der Waals surface area (Å²) in [5.41, 5.74) is 0. The van der Waals surface area contributed by atoms with Crippen molar-refractivity contribution in [3.05, 3.63) is 146 Å². The summed E-state index contributed by atoms with van der Waals surface area (Å²) in [6.45, 7) is 3.63. The Labute approximate surface area is 489 Å². The third kappa shape index (κ3) is 46.7. The molecule has 1 aliphatic rings. The van der Waals surface area contributed by atoms with Crippen LogP contribution in [-0.4, -0.2) is 87.5 Å². The summed E-state index contributed by atoms with van der Waals surface area (Å²) in [5.74, 6) is -0.234. The number of unbranched alkanes of at least 4 members (excludes halogenated alkanes) is 21. The number of hydrogen-bond donors (Lipinski definition) is 6. The van der Waals surface area contributed by atoms with E-state index >= 15 is 0 Å². The zero-order valence-electron chi connectivity index (χ0n) is 50.5. The molecule has 0 aromatic rings. The number of aliphatic hydroxyl groups excluding tert-OH is 5. The number of carbonyl (C=O) groups excluding carboxylic acids is 1. The van der Waals surface area contributed by atoms with Crippen molar-refractivity contribution in [2.75, 3.05) is 13.2 Å². The first-order valence-corrected chi connectivity index (χ1v) is 32.1. The van der Waals surface area contributed by atoms with Gasteiger partial charge in [-0.15, -0.1) is 0 Å². The molecule has 454 valence electrons. The Balaban J connectivity index is 2.28. The molecule has 0 saturated carbocycles. The van der Waals surface area contributed by atoms with Gasteiger partial charge in [-0.1, -0.05) is 269 Å². The fourth-order valence-corrected chi connectivity index (χ4v) is 9.14. The normalized spacial score (nSPS) is 19.5. The second-order valence-electron chi connectivity index (χ2n) is 21.5. The van der Waals surface area contributed by atoms with Gasteiger partial charge in [0.15, 0.2) is 6.29 Å². The number of allylic oxidation sites excluding steroid dienone is 23. The average Bonchev–Trinajstić information content (AvgIpc) is 3.46. The fraction of sp³-hybridized carbons (Fsp3) is 0.648. The lowest BCUT2D eigenvalue weighted by Crippen LogP contribution is -2.60. The molecular formula is C71H117NO8. The summed E-state index contributed by atoms with van der Waals surface area (Å²) in [5, 5.41) is 54.6. The average molecular weight is 1110 g/mol. The third-order valence-corrected chi connectivity index (χ3v) is 14.1. The molecular weight excluding hydrogens is 995 g/mol. The predicted molar refractivity (Wildman–Crippen MR) is 340 cm³/mol. The highest BCUT2D eigenvalue weighted by Gasteiger charge is 2.44. The molecule has 0 spiro atoms. The van der Waals surface area contributed by atoms with E-state index in [4.69, 9.17) is 9.47 Å². The van der Waals surface area contributed by atoms with Crippen molar-refractivity contribution in [3.63, 3.8) is 0 Å². The van der Waals surface area contributed by atoms with Crippen LogP contribution in [0.25, 0.3) is 0 Å². The minimum absolute atomic E-state index is 0.228. The summed E-state index contributed by atoms with van der Waals surface area (Å²) in [7, 11) is 0. The fourth-order valence-electron chi connectivity index (χ4n) is 9.14. The van der Waals surface area contributed by atoms with Crippen LogP contribution in [0.4, 0.5) is 0 Å². The summed E-state index contributed by atoms with van der Waals surface area (Å²) in [6.07, 6.45) is 83.5. The molecule has 0 aromatic heterocycles. The molecule has 0 bridgehead atoms. The van der Waals surface area contributed by atoms with Gasteiger partial charge in [0.25, 0.3) is 0 Å². The van der Waals surface area contributed by atoms with Crippen molar-refractivity contribution >= 4 is 5.91 Å². The van der Waals surface area contributed by atoms with Gasteiger partial charge in [0.1, 0.15) is 24.4 Å². The summed E-state index contributed by atoms with van der Waals surface area (Å²) >= 11 is 0. The minimum atomic E-state index is -1.59. The SMILES string of the molecule is CC/C=C\C/C=C\C/C=C\C/C=C\C/C=C\C/C=C\C/C=C\C/C=C\C/C=C\C/C=C\CCCCC(=O)NC(COC1OC(CO)C(O)C(O)C1O)C(O)/C=C/CC/C=C/CCCCCCCCCCCCCCCCCCCC. The largest absolute Gasteiger partial charge is 0.394 e. The minimum Gasteiger partial charge on any atom is -0.394 e. The second kappa shape index (κ2) is 58.3. The zero-order chi connectivity index (χ0) is 57.9. The van der Waals surface area contributed by atoms with Gasteiger partial charge < -0.3 is 40.3 Å². The van der Waals surface area contributed by atoms with E-state index < -0.39 is 49.5 Å². The van der Waals surface area contributed by atoms with Crippen LogP contribution in [0, 0.1) is 0 Å². The molecule has 1 rings (SSSR count). The van der Waals surface area contributed by atoms with Crippen molar-refractivity contribution in [2.24, 2.45) is 0 Å². The maximum atomic E-state index is 13.1. The van der Waals surface area contributed by atoms with Gasteiger partial charge in [0.05, 0.1) is 25.4 Å². The molecule has 7 atom stereocenters. The number of ether oxygens (including phenoxy) is 2. The van der Waals surface area contributed by atoms with Gasteiger partial charge in [-0.2, -0.15) is 0 Å². The molecule has 9 heteroatoms. The molecule has 1 heterocycles. The van der Waals surface area contributed by atoms with Gasteiger partial charge in [0, 0.05) is 6.42 Å². The number of hydrogen-bond acceptors (Lipinski definition) is 8. The van der Waals surface area contributed by atoms with E-state index in [1.165, 1.54) is 116 Å². The van der Waals surface area contributed by atoms with E-state index in [1.807, 2.05) is 6.08 Å². The van der Waals surface area contributed by atoms with Gasteiger partial charge >= 0.3 is 0 Å². The van der Waals surface area contributed by atoms with E-state index in [0.717, 1.165) is 96.3 Å². The van der Waals surface area contributed by atoms with Crippen LogP contribution in [0.3, 0.4) is 0 Å². The van der Waals surface area contributed by atoms with E-state index in [0.29, 0.717) is 6.42 Å². The van der Waals surface area contributed by atoms with Crippen LogP contribution in [-0.2, 0) is 14.3 Å². The Morgan fingerprint density at radius 3 is 1.20 bits per heavy atom. The van der Waals surface area contributed by atoms with E-state index in [-0.39, 0.29) is 18.9 Å². The lowest BCUT2D eigenvalue weighted by molar-refractivity contribution is -0.302. The second-order valence-corrected chi connectivity index (χ2v) is 21.5. The quantitative estimate of drug-likeness (QED) is 0.0261. The number of nitrogens with one attached hydrogen (secondary N) is 1. The summed E-state index contributed by atoms with van der Waals surface area (Å²) < 4.78 is 11.3. The first kappa shape index (κ1) is 74.1. The monoisotopic (exact) mass is 1110 g/mol. The lowest BCUT2D eigenvalue weighted by Gasteiger charge is -2.40. The standard InChI is InChI=1S/C71H117NO8/c1-3-5-7-9-11-13-15-17-19-21-23-25-27-29-30-31-32-33-34-35-36-37-39-41-43-45-47-49-51-53-55-57-59-61-67(75)72-64(63-79-71-70(78)69(77)68(76)66(62-73)80-71)65(74)60-58-56-54-52-50-48-46-44-42-40-38-28-26-24-22-20-18-16-14-12-10-8-6-4-2/h5,7,11,13,17,19,23,25,29-30,32-33,35-36,39,41,45,47,50-53,58,60,64-66,68-71,73-74,76-78H,3-4,6,8-10,12,14-16,18,20-22,24,26-28,31,34,37-38,40,42-44,46,48-49,54-57,59,61-63H2,1-2H3,(H,72,75)/b7-5-,13-11-,19-17-,25-23-,30-29-,33-32-,36-35-,41-39-,47-45-,52-50+,53-51-,60-58+. The van der Waals surface area contributed by atoms with Crippen molar-refractivity contribution < 1.29 is 39.8 Å². The molecule has 1 amide bonds. The van der Waals surface area contributed by atoms with E-state index in [1.54, 1.807) is 6.08 Å².